The summed E-state index contributed by atoms with van der Waals surface area (Å²) in [5.41, 5.74) is 1.94. The van der Waals surface area contributed by atoms with Gasteiger partial charge in [0.15, 0.2) is 5.78 Å². The number of imide groups is 1. The number of nitrogens with one attached hydrogen (secondary N) is 1. The van der Waals surface area contributed by atoms with Crippen LogP contribution >= 0.6 is 0 Å². The number of fused-ring (bicyclic) bond motifs is 1. The molecule has 2 heterocycles. The summed E-state index contributed by atoms with van der Waals surface area (Å²) in [6.07, 6.45) is 6.52. The summed E-state index contributed by atoms with van der Waals surface area (Å²) in [5.74, 6) is -1.19. The smallest absolute Gasteiger partial charge is 0.261 e. The van der Waals surface area contributed by atoms with E-state index in [1.807, 2.05) is 13.0 Å². The first-order valence-electron chi connectivity index (χ1n) is 9.82. The molecule has 3 amide bonds. The summed E-state index contributed by atoms with van der Waals surface area (Å²) in [6, 6.07) is 6.66. The van der Waals surface area contributed by atoms with Crippen LogP contribution in [-0.4, -0.2) is 47.7 Å². The van der Waals surface area contributed by atoms with Crippen LogP contribution in [0, 0.1) is 0 Å². The first kappa shape index (κ1) is 21.4. The Hall–Kier alpha value is -3.32. The molecule has 0 fully saturated rings. The van der Waals surface area contributed by atoms with Crippen molar-refractivity contribution in [3.05, 3.63) is 71.0 Å². The molecule has 2 aliphatic rings. The number of hydrogen-bond acceptors (Lipinski definition) is 5. The fourth-order valence-electron chi connectivity index (χ4n) is 3.41. The van der Waals surface area contributed by atoms with Crippen molar-refractivity contribution >= 4 is 23.5 Å². The quantitative estimate of drug-likeness (QED) is 0.773. The number of ether oxygens (including phenoxy) is 1. The van der Waals surface area contributed by atoms with Gasteiger partial charge in [-0.1, -0.05) is 24.3 Å². The Morgan fingerprint density at radius 1 is 1.13 bits per heavy atom. The molecule has 1 unspecified atom stereocenters. The fraction of sp³-hybridized carbons (Fsp3) is 0.304. The Balaban J connectivity index is 1.70. The van der Waals surface area contributed by atoms with Gasteiger partial charge in [-0.2, -0.15) is 0 Å². The van der Waals surface area contributed by atoms with E-state index in [0.29, 0.717) is 22.4 Å². The van der Waals surface area contributed by atoms with Gasteiger partial charge >= 0.3 is 0 Å². The predicted molar refractivity (Wildman–Crippen MR) is 111 cm³/mol. The van der Waals surface area contributed by atoms with E-state index >= 15 is 0 Å². The molecule has 2 aliphatic heterocycles. The first-order valence-corrected chi connectivity index (χ1v) is 9.82. The van der Waals surface area contributed by atoms with Crippen molar-refractivity contribution in [2.45, 2.75) is 32.8 Å². The van der Waals surface area contributed by atoms with E-state index in [1.165, 1.54) is 6.08 Å². The van der Waals surface area contributed by atoms with Crippen LogP contribution in [0.4, 0.5) is 0 Å². The molecule has 0 saturated carbocycles. The van der Waals surface area contributed by atoms with Crippen LogP contribution in [0.25, 0.3) is 0 Å². The number of benzene rings is 1. The SMILES string of the molecule is CC=C/C=C1NC(=O)COC(CCN2C(=O)c3ccccc3C2=O)CC(=O)/C=C/1C. The van der Waals surface area contributed by atoms with Crippen molar-refractivity contribution in [1.82, 2.24) is 10.2 Å². The molecular weight excluding hydrogens is 384 g/mol. The second-order valence-electron chi connectivity index (χ2n) is 7.18. The Morgan fingerprint density at radius 2 is 1.80 bits per heavy atom. The standard InChI is InChI=1S/C23H24N2O5/c1-3-4-9-20-15(2)12-16(26)13-17(30-14-21(27)24-20)10-11-25-22(28)18-7-5-6-8-19(18)23(25)29/h3-9,12,17H,10-11,13-14H2,1-2H3,(H,24,27)/b4-3?,15-12+,20-9+. The zero-order chi connectivity index (χ0) is 21.7. The maximum absolute atomic E-state index is 12.5. The number of carbonyl (C=O) groups excluding carboxylic acids is 4. The molecule has 0 radical (unpaired) electrons. The molecular formula is C23H24N2O5. The highest BCUT2D eigenvalue weighted by molar-refractivity contribution is 6.21. The molecule has 30 heavy (non-hydrogen) atoms. The van der Waals surface area contributed by atoms with Gasteiger partial charge < -0.3 is 10.1 Å². The fourth-order valence-corrected chi connectivity index (χ4v) is 3.41. The minimum atomic E-state index is -0.585. The van der Waals surface area contributed by atoms with Gasteiger partial charge in [0.2, 0.25) is 5.91 Å². The maximum atomic E-state index is 12.5. The van der Waals surface area contributed by atoms with Gasteiger partial charge in [0.25, 0.3) is 11.8 Å². The number of carbonyl (C=O) groups is 4. The molecule has 1 atom stereocenters. The van der Waals surface area contributed by atoms with Gasteiger partial charge in [0.05, 0.1) is 17.2 Å². The summed E-state index contributed by atoms with van der Waals surface area (Å²) in [5, 5.41) is 2.74. The van der Waals surface area contributed by atoms with E-state index in [4.69, 9.17) is 4.74 Å². The van der Waals surface area contributed by atoms with Crippen LogP contribution in [0.15, 0.2) is 59.8 Å². The molecule has 1 N–H and O–H groups in total. The average molecular weight is 408 g/mol. The lowest BCUT2D eigenvalue weighted by Gasteiger charge is -2.21. The molecule has 0 spiro atoms. The lowest BCUT2D eigenvalue weighted by molar-refractivity contribution is -0.129. The van der Waals surface area contributed by atoms with Gasteiger partial charge in [-0.3, -0.25) is 24.1 Å². The van der Waals surface area contributed by atoms with Crippen LogP contribution in [0.1, 0.15) is 47.4 Å². The molecule has 7 heteroatoms. The van der Waals surface area contributed by atoms with Crippen LogP contribution in [0.3, 0.4) is 0 Å². The van der Waals surface area contributed by atoms with E-state index in [2.05, 4.69) is 5.32 Å². The number of nitrogens with zero attached hydrogens (tertiary/aromatic N) is 1. The summed E-state index contributed by atoms with van der Waals surface area (Å²) in [6.45, 7) is 3.50. The second kappa shape index (κ2) is 9.45. The number of amides is 3. The van der Waals surface area contributed by atoms with E-state index in [-0.39, 0.29) is 49.5 Å². The lowest BCUT2D eigenvalue weighted by Crippen LogP contribution is -2.36. The number of allylic oxidation sites excluding steroid dienone is 5. The zero-order valence-corrected chi connectivity index (χ0v) is 17.0. The van der Waals surface area contributed by atoms with Crippen LogP contribution in [0.5, 0.6) is 0 Å². The first-order chi connectivity index (χ1) is 14.4. The normalized spacial score (nSPS) is 23.5. The third kappa shape index (κ3) is 4.80. The Labute approximate surface area is 175 Å². The van der Waals surface area contributed by atoms with Gasteiger partial charge in [0, 0.05) is 18.7 Å². The van der Waals surface area contributed by atoms with E-state index in [0.717, 1.165) is 4.90 Å². The summed E-state index contributed by atoms with van der Waals surface area (Å²) in [4.78, 5) is 50.8. The van der Waals surface area contributed by atoms with Gasteiger partial charge in [-0.05, 0) is 50.1 Å². The van der Waals surface area contributed by atoms with Crippen LogP contribution in [-0.2, 0) is 14.3 Å². The van der Waals surface area contributed by atoms with Gasteiger partial charge in [-0.25, -0.2) is 0 Å². The highest BCUT2D eigenvalue weighted by Crippen LogP contribution is 2.23. The van der Waals surface area contributed by atoms with Crippen molar-refractivity contribution in [3.63, 3.8) is 0 Å². The largest absolute Gasteiger partial charge is 0.368 e. The Kier molecular flexibility index (Phi) is 6.74. The summed E-state index contributed by atoms with van der Waals surface area (Å²) in [7, 11) is 0. The molecule has 3 rings (SSSR count). The van der Waals surface area contributed by atoms with Crippen molar-refractivity contribution < 1.29 is 23.9 Å². The molecule has 0 aromatic heterocycles. The Bertz CT molecular complexity index is 939. The molecule has 156 valence electrons. The molecule has 1 aromatic carbocycles. The molecule has 0 bridgehead atoms. The Morgan fingerprint density at radius 3 is 2.43 bits per heavy atom. The van der Waals surface area contributed by atoms with E-state index in [1.54, 1.807) is 43.3 Å². The second-order valence-corrected chi connectivity index (χ2v) is 7.18. The minimum Gasteiger partial charge on any atom is -0.368 e. The monoisotopic (exact) mass is 408 g/mol. The average Bonchev–Trinajstić information content (AvgIpc) is 2.97. The van der Waals surface area contributed by atoms with Crippen LogP contribution in [0.2, 0.25) is 0 Å². The van der Waals surface area contributed by atoms with E-state index < -0.39 is 6.10 Å². The number of ketones is 1. The third-order valence-electron chi connectivity index (χ3n) is 4.96. The molecule has 0 saturated heterocycles. The van der Waals surface area contributed by atoms with E-state index in [9.17, 15) is 19.2 Å². The highest BCUT2D eigenvalue weighted by Gasteiger charge is 2.35. The molecule has 1 aromatic rings. The van der Waals surface area contributed by atoms with Crippen LogP contribution < -0.4 is 5.32 Å². The van der Waals surface area contributed by atoms with Crippen molar-refractivity contribution in [3.8, 4) is 0 Å². The van der Waals surface area contributed by atoms with Crippen molar-refractivity contribution in [1.29, 1.82) is 0 Å². The molecule has 7 nitrogen and oxygen atoms in total. The zero-order valence-electron chi connectivity index (χ0n) is 17.0. The topological polar surface area (TPSA) is 92.8 Å². The maximum Gasteiger partial charge on any atom is 0.261 e. The molecule has 0 aliphatic carbocycles. The highest BCUT2D eigenvalue weighted by atomic mass is 16.5. The van der Waals surface area contributed by atoms with Gasteiger partial charge in [0.1, 0.15) is 6.61 Å². The summed E-state index contributed by atoms with van der Waals surface area (Å²) >= 11 is 0. The third-order valence-corrected chi connectivity index (χ3v) is 4.96. The predicted octanol–water partition coefficient (Wildman–Crippen LogP) is 2.55. The van der Waals surface area contributed by atoms with Gasteiger partial charge in [-0.15, -0.1) is 0 Å². The van der Waals surface area contributed by atoms with Crippen molar-refractivity contribution in [2.75, 3.05) is 13.2 Å². The number of hydrogen-bond donors (Lipinski definition) is 1. The lowest BCUT2D eigenvalue weighted by atomic mass is 10.1. The summed E-state index contributed by atoms with van der Waals surface area (Å²) < 4.78 is 5.64. The van der Waals surface area contributed by atoms with Crippen molar-refractivity contribution in [2.24, 2.45) is 0 Å². The minimum absolute atomic E-state index is 0.0602. The number of rotatable bonds is 4.